The van der Waals surface area contributed by atoms with Gasteiger partial charge in [0.1, 0.15) is 0 Å². The summed E-state index contributed by atoms with van der Waals surface area (Å²) < 4.78 is 3.13. The van der Waals surface area contributed by atoms with Gasteiger partial charge in [0.15, 0.2) is 0 Å². The van der Waals surface area contributed by atoms with Crippen LogP contribution in [0.1, 0.15) is 28.6 Å². The van der Waals surface area contributed by atoms with Crippen LogP contribution >= 0.6 is 0 Å². The van der Waals surface area contributed by atoms with Gasteiger partial charge in [-0.1, -0.05) is 0 Å². The molecule has 1 heteroatoms. The zero-order chi connectivity index (χ0) is 15.1. The standard InChI is InChI=1S/C13H9.C5H5.C3H6.Hf/c1-3-7-12-10(5-1)9-11-6-2-4-8-13(11)12;1-2-4-5-3-1;1-3-2;/h1-9H;1-5H;1-2H3;. The van der Waals surface area contributed by atoms with Crippen molar-refractivity contribution < 1.29 is 21.0 Å². The molecule has 0 heterocycles. The first-order valence-electron chi connectivity index (χ1n) is 7.98. The third-order valence-electron chi connectivity index (χ3n) is 4.83. The van der Waals surface area contributed by atoms with E-state index in [2.05, 4.69) is 86.7 Å². The molecule has 0 N–H and O–H groups in total. The van der Waals surface area contributed by atoms with E-state index in [1.807, 2.05) is 0 Å². The molecule has 0 fully saturated rings. The molecular weight excluding hydrogens is 431 g/mol. The van der Waals surface area contributed by atoms with Crippen molar-refractivity contribution in [1.82, 2.24) is 0 Å². The normalized spacial score (nSPS) is 15.9. The SMILES string of the molecule is C[C](C)=[Hf]([CH]1C=CC=C1)[CH]1c2ccccc2-c2ccccc21. The van der Waals surface area contributed by atoms with Crippen molar-refractivity contribution >= 4 is 3.26 Å². The molecule has 0 bridgehead atoms. The fraction of sp³-hybridized carbons (Fsp3) is 0.190. The Labute approximate surface area is 140 Å². The Morgan fingerprint density at radius 3 is 1.77 bits per heavy atom. The van der Waals surface area contributed by atoms with Crippen LogP contribution in [-0.4, -0.2) is 3.26 Å². The van der Waals surface area contributed by atoms with E-state index >= 15 is 0 Å². The first kappa shape index (κ1) is 14.3. The van der Waals surface area contributed by atoms with Gasteiger partial charge in [0, 0.05) is 0 Å². The van der Waals surface area contributed by atoms with Crippen LogP contribution in [0.3, 0.4) is 0 Å². The van der Waals surface area contributed by atoms with E-state index < -0.39 is 21.0 Å². The zero-order valence-electron chi connectivity index (χ0n) is 13.1. The monoisotopic (exact) mass is 452 g/mol. The van der Waals surface area contributed by atoms with Crippen molar-refractivity contribution in [2.45, 2.75) is 21.2 Å². The second-order valence-electron chi connectivity index (χ2n) is 6.36. The molecule has 0 saturated carbocycles. The van der Waals surface area contributed by atoms with Gasteiger partial charge in [0.2, 0.25) is 0 Å². The summed E-state index contributed by atoms with van der Waals surface area (Å²) in [4.78, 5) is 0. The van der Waals surface area contributed by atoms with Crippen LogP contribution in [0, 0.1) is 0 Å². The molecule has 2 aromatic carbocycles. The van der Waals surface area contributed by atoms with Crippen molar-refractivity contribution in [2.24, 2.45) is 0 Å². The molecule has 0 aromatic heterocycles. The number of rotatable bonds is 2. The third kappa shape index (κ3) is 2.18. The summed E-state index contributed by atoms with van der Waals surface area (Å²) in [5.74, 6) is 0. The summed E-state index contributed by atoms with van der Waals surface area (Å²) in [6.07, 6.45) is 9.37. The van der Waals surface area contributed by atoms with Crippen LogP contribution in [-0.2, 0) is 21.0 Å². The van der Waals surface area contributed by atoms with Crippen LogP contribution in [0.15, 0.2) is 72.8 Å². The Bertz CT molecular complexity index is 762. The molecule has 0 radical (unpaired) electrons. The Morgan fingerprint density at radius 2 is 1.27 bits per heavy atom. The van der Waals surface area contributed by atoms with Crippen LogP contribution in [0.25, 0.3) is 11.1 Å². The summed E-state index contributed by atoms with van der Waals surface area (Å²) in [6, 6.07) is 18.2. The van der Waals surface area contributed by atoms with E-state index in [0.29, 0.717) is 3.67 Å². The summed E-state index contributed by atoms with van der Waals surface area (Å²) in [7, 11) is 0. The zero-order valence-corrected chi connectivity index (χ0v) is 16.7. The second kappa shape index (κ2) is 5.70. The molecule has 4 rings (SSSR count). The van der Waals surface area contributed by atoms with Gasteiger partial charge in [0.25, 0.3) is 0 Å². The molecule has 0 amide bonds. The van der Waals surface area contributed by atoms with Crippen LogP contribution in [0.4, 0.5) is 0 Å². The van der Waals surface area contributed by atoms with E-state index in [4.69, 9.17) is 0 Å². The fourth-order valence-electron chi connectivity index (χ4n) is 3.94. The number of allylic oxidation sites excluding steroid dienone is 4. The van der Waals surface area contributed by atoms with Gasteiger partial charge >= 0.3 is 140 Å². The predicted octanol–water partition coefficient (Wildman–Crippen LogP) is 5.50. The Morgan fingerprint density at radius 1 is 0.773 bits per heavy atom. The van der Waals surface area contributed by atoms with Gasteiger partial charge in [-0.3, -0.25) is 0 Å². The number of hydrogen-bond acceptors (Lipinski definition) is 0. The maximum absolute atomic E-state index is 2.44. The summed E-state index contributed by atoms with van der Waals surface area (Å²) in [6.45, 7) is 4.76. The van der Waals surface area contributed by atoms with Crippen LogP contribution in [0.2, 0.25) is 3.67 Å². The number of benzene rings is 2. The van der Waals surface area contributed by atoms with E-state index in [-0.39, 0.29) is 0 Å². The molecular formula is C21H20Hf. The average molecular weight is 451 g/mol. The molecule has 0 aliphatic heterocycles. The predicted molar refractivity (Wildman–Crippen MR) is 92.1 cm³/mol. The van der Waals surface area contributed by atoms with Gasteiger partial charge in [-0.15, -0.1) is 0 Å². The average Bonchev–Trinajstić information content (AvgIpc) is 3.16. The molecule has 0 unspecified atom stereocenters. The second-order valence-corrected chi connectivity index (χ2v) is 17.7. The number of hydrogen-bond donors (Lipinski definition) is 0. The molecule has 108 valence electrons. The molecule has 0 nitrogen and oxygen atoms in total. The molecule has 2 aliphatic rings. The van der Waals surface area contributed by atoms with Gasteiger partial charge in [0.05, 0.1) is 0 Å². The molecule has 2 aromatic rings. The van der Waals surface area contributed by atoms with Crippen LogP contribution in [0.5, 0.6) is 0 Å². The van der Waals surface area contributed by atoms with E-state index in [1.165, 1.54) is 11.1 Å². The van der Waals surface area contributed by atoms with Gasteiger partial charge in [-0.2, -0.15) is 0 Å². The Hall–Kier alpha value is -1.34. The van der Waals surface area contributed by atoms with Crippen LogP contribution < -0.4 is 0 Å². The Kier molecular flexibility index (Phi) is 3.69. The van der Waals surface area contributed by atoms with E-state index in [9.17, 15) is 0 Å². The topological polar surface area (TPSA) is 0 Å². The third-order valence-corrected chi connectivity index (χ3v) is 17.4. The van der Waals surface area contributed by atoms with Crippen molar-refractivity contribution in [3.05, 3.63) is 84.0 Å². The van der Waals surface area contributed by atoms with Gasteiger partial charge in [-0.05, 0) is 0 Å². The van der Waals surface area contributed by atoms with Crippen molar-refractivity contribution in [3.63, 3.8) is 0 Å². The molecule has 0 atom stereocenters. The van der Waals surface area contributed by atoms with Gasteiger partial charge in [-0.25, -0.2) is 0 Å². The summed E-state index contributed by atoms with van der Waals surface area (Å²) >= 11 is -2.03. The summed E-state index contributed by atoms with van der Waals surface area (Å²) in [5.41, 5.74) is 6.11. The molecule has 0 saturated heterocycles. The molecule has 2 aliphatic carbocycles. The minimum absolute atomic E-state index is 0.680. The maximum atomic E-state index is 2.44. The fourth-order valence-corrected chi connectivity index (χ4v) is 16.3. The molecule has 22 heavy (non-hydrogen) atoms. The van der Waals surface area contributed by atoms with E-state index in [0.717, 1.165) is 3.67 Å². The van der Waals surface area contributed by atoms with Crippen molar-refractivity contribution in [1.29, 1.82) is 0 Å². The Balaban J connectivity index is 1.96. The number of fused-ring (bicyclic) bond motifs is 3. The first-order chi connectivity index (χ1) is 10.8. The first-order valence-corrected chi connectivity index (χ1v) is 13.9. The van der Waals surface area contributed by atoms with Gasteiger partial charge < -0.3 is 0 Å². The summed E-state index contributed by atoms with van der Waals surface area (Å²) in [5, 5.41) is 0. The van der Waals surface area contributed by atoms with E-state index in [1.54, 1.807) is 14.4 Å². The minimum atomic E-state index is -2.03. The van der Waals surface area contributed by atoms with Crippen molar-refractivity contribution in [2.75, 3.05) is 0 Å². The molecule has 0 spiro atoms. The quantitative estimate of drug-likeness (QED) is 0.530. The van der Waals surface area contributed by atoms with Crippen molar-refractivity contribution in [3.8, 4) is 11.1 Å².